The highest BCUT2D eigenvalue weighted by atomic mass is 32.2. The first-order chi connectivity index (χ1) is 12.7. The fraction of sp³-hybridized carbons (Fsp3) is 0.278. The van der Waals surface area contributed by atoms with Gasteiger partial charge in [0.15, 0.2) is 4.90 Å². The minimum atomic E-state index is -4.39. The molecule has 0 spiro atoms. The van der Waals surface area contributed by atoms with Gasteiger partial charge in [-0.15, -0.1) is 0 Å². The standard InChI is InChI=1S/C18H20N2O6S/c1-4-26-18(21)12-19(15-10-13(2)9-14(3)11-15)27(24,25)17-8-6-5-7-16(17)20(22)23/h5-11H,4,12H2,1-3H3. The van der Waals surface area contributed by atoms with Crippen LogP contribution in [0.25, 0.3) is 0 Å². The van der Waals surface area contributed by atoms with E-state index in [0.717, 1.165) is 27.6 Å². The number of sulfonamides is 1. The van der Waals surface area contributed by atoms with Gasteiger partial charge in [0, 0.05) is 6.07 Å². The van der Waals surface area contributed by atoms with Gasteiger partial charge in [-0.25, -0.2) is 8.42 Å². The predicted molar refractivity (Wildman–Crippen MR) is 100 cm³/mol. The summed E-state index contributed by atoms with van der Waals surface area (Å²) in [7, 11) is -4.39. The molecule has 0 aliphatic carbocycles. The first-order valence-corrected chi connectivity index (χ1v) is 9.61. The Morgan fingerprint density at radius 2 is 1.74 bits per heavy atom. The number of nitrogens with zero attached hydrogens (tertiary/aromatic N) is 2. The lowest BCUT2D eigenvalue weighted by atomic mass is 10.1. The van der Waals surface area contributed by atoms with Crippen LogP contribution in [0, 0.1) is 24.0 Å². The van der Waals surface area contributed by atoms with Gasteiger partial charge in [-0.2, -0.15) is 0 Å². The van der Waals surface area contributed by atoms with E-state index in [1.54, 1.807) is 32.9 Å². The molecule has 0 N–H and O–H groups in total. The molecule has 0 radical (unpaired) electrons. The number of nitro groups is 1. The van der Waals surface area contributed by atoms with Crippen LogP contribution < -0.4 is 4.31 Å². The fourth-order valence-electron chi connectivity index (χ4n) is 2.68. The monoisotopic (exact) mass is 392 g/mol. The summed E-state index contributed by atoms with van der Waals surface area (Å²) in [4.78, 5) is 22.1. The van der Waals surface area contributed by atoms with E-state index in [-0.39, 0.29) is 12.3 Å². The number of rotatable bonds is 7. The highest BCUT2D eigenvalue weighted by molar-refractivity contribution is 7.93. The normalized spacial score (nSPS) is 11.1. The van der Waals surface area contributed by atoms with Crippen molar-refractivity contribution in [2.75, 3.05) is 17.5 Å². The van der Waals surface area contributed by atoms with E-state index in [4.69, 9.17) is 4.74 Å². The second kappa shape index (κ2) is 8.17. The molecule has 0 saturated heterocycles. The zero-order valence-corrected chi connectivity index (χ0v) is 16.0. The molecule has 0 aromatic heterocycles. The number of anilines is 1. The van der Waals surface area contributed by atoms with E-state index < -0.39 is 38.0 Å². The lowest BCUT2D eigenvalue weighted by Crippen LogP contribution is -2.37. The number of hydrogen-bond acceptors (Lipinski definition) is 6. The number of hydrogen-bond donors (Lipinski definition) is 0. The average Bonchev–Trinajstić information content (AvgIpc) is 2.59. The Kier molecular flexibility index (Phi) is 6.17. The number of carbonyl (C=O) groups excluding carboxylic acids is 1. The van der Waals surface area contributed by atoms with Gasteiger partial charge in [0.05, 0.1) is 17.2 Å². The SMILES string of the molecule is CCOC(=O)CN(c1cc(C)cc(C)c1)S(=O)(=O)c1ccccc1[N+](=O)[O-]. The Hall–Kier alpha value is -2.94. The van der Waals surface area contributed by atoms with Gasteiger partial charge in [0.2, 0.25) is 0 Å². The Morgan fingerprint density at radius 1 is 1.15 bits per heavy atom. The summed E-state index contributed by atoms with van der Waals surface area (Å²) in [6.45, 7) is 4.68. The molecule has 0 aliphatic rings. The molecule has 0 aliphatic heterocycles. The lowest BCUT2D eigenvalue weighted by molar-refractivity contribution is -0.387. The maximum atomic E-state index is 13.2. The quantitative estimate of drug-likeness (QED) is 0.407. The van der Waals surface area contributed by atoms with E-state index in [1.165, 1.54) is 12.1 Å². The van der Waals surface area contributed by atoms with Crippen LogP contribution in [0.1, 0.15) is 18.1 Å². The Labute approximate surface area is 157 Å². The fourth-order valence-corrected chi connectivity index (χ4v) is 4.23. The number of para-hydroxylation sites is 1. The molecule has 0 unspecified atom stereocenters. The van der Waals surface area contributed by atoms with Crippen LogP contribution in [0.4, 0.5) is 11.4 Å². The van der Waals surface area contributed by atoms with E-state index in [0.29, 0.717) is 0 Å². The summed E-state index contributed by atoms with van der Waals surface area (Å²) in [6, 6.07) is 10.1. The van der Waals surface area contributed by atoms with Gasteiger partial charge >= 0.3 is 5.97 Å². The summed E-state index contributed by atoms with van der Waals surface area (Å²) >= 11 is 0. The van der Waals surface area contributed by atoms with Crippen molar-refractivity contribution in [2.45, 2.75) is 25.7 Å². The van der Waals surface area contributed by atoms with E-state index in [1.807, 2.05) is 6.07 Å². The molecule has 27 heavy (non-hydrogen) atoms. The summed E-state index contributed by atoms with van der Waals surface area (Å²) in [5.74, 6) is -0.751. The molecule has 2 aromatic rings. The average molecular weight is 392 g/mol. The van der Waals surface area contributed by atoms with Crippen molar-refractivity contribution in [3.63, 3.8) is 0 Å². The predicted octanol–water partition coefficient (Wildman–Crippen LogP) is 2.97. The van der Waals surface area contributed by atoms with Crippen molar-refractivity contribution in [1.82, 2.24) is 0 Å². The maximum Gasteiger partial charge on any atom is 0.326 e. The van der Waals surface area contributed by atoms with Crippen LogP contribution in [0.5, 0.6) is 0 Å². The summed E-state index contributed by atoms with van der Waals surface area (Å²) in [6.07, 6.45) is 0. The highest BCUT2D eigenvalue weighted by Gasteiger charge is 2.33. The van der Waals surface area contributed by atoms with Gasteiger partial charge in [-0.3, -0.25) is 19.2 Å². The van der Waals surface area contributed by atoms with Crippen molar-refractivity contribution < 1.29 is 22.9 Å². The topological polar surface area (TPSA) is 107 Å². The smallest absolute Gasteiger partial charge is 0.326 e. The van der Waals surface area contributed by atoms with Crippen LogP contribution in [-0.2, 0) is 19.6 Å². The van der Waals surface area contributed by atoms with Crippen LogP contribution in [0.15, 0.2) is 47.4 Å². The Bertz CT molecular complexity index is 951. The molecule has 0 heterocycles. The molecule has 2 rings (SSSR count). The molecule has 0 fully saturated rings. The van der Waals surface area contributed by atoms with Crippen LogP contribution in [-0.4, -0.2) is 32.5 Å². The zero-order valence-electron chi connectivity index (χ0n) is 15.2. The minimum Gasteiger partial charge on any atom is -0.465 e. The number of ether oxygens (including phenoxy) is 1. The van der Waals surface area contributed by atoms with Crippen molar-refractivity contribution >= 4 is 27.4 Å². The largest absolute Gasteiger partial charge is 0.465 e. The molecule has 144 valence electrons. The summed E-state index contributed by atoms with van der Waals surface area (Å²) in [5, 5.41) is 11.3. The third-order valence-corrected chi connectivity index (χ3v) is 5.52. The number of esters is 1. The third-order valence-electron chi connectivity index (χ3n) is 3.70. The number of nitro benzene ring substituents is 1. The summed E-state index contributed by atoms with van der Waals surface area (Å²) in [5.41, 5.74) is 1.25. The first-order valence-electron chi connectivity index (χ1n) is 8.17. The van der Waals surface area contributed by atoms with Crippen LogP contribution in [0.3, 0.4) is 0 Å². The van der Waals surface area contributed by atoms with Gasteiger partial charge in [0.25, 0.3) is 15.7 Å². The second-order valence-electron chi connectivity index (χ2n) is 5.89. The van der Waals surface area contributed by atoms with Gasteiger partial charge in [0.1, 0.15) is 6.54 Å². The van der Waals surface area contributed by atoms with Gasteiger partial charge < -0.3 is 4.74 Å². The first kappa shape index (κ1) is 20.4. The molecule has 0 amide bonds. The third kappa shape index (κ3) is 4.62. The number of benzene rings is 2. The van der Waals surface area contributed by atoms with Crippen molar-refractivity contribution in [3.8, 4) is 0 Å². The van der Waals surface area contributed by atoms with E-state index in [9.17, 15) is 23.3 Å². The molecular formula is C18H20N2O6S. The molecule has 0 atom stereocenters. The molecular weight excluding hydrogens is 372 g/mol. The Balaban J connectivity index is 2.65. The Morgan fingerprint density at radius 3 is 2.30 bits per heavy atom. The maximum absolute atomic E-state index is 13.2. The molecule has 9 heteroatoms. The molecule has 8 nitrogen and oxygen atoms in total. The second-order valence-corrected chi connectivity index (χ2v) is 7.72. The lowest BCUT2D eigenvalue weighted by Gasteiger charge is -2.24. The van der Waals surface area contributed by atoms with Crippen molar-refractivity contribution in [1.29, 1.82) is 0 Å². The van der Waals surface area contributed by atoms with Crippen LogP contribution >= 0.6 is 0 Å². The number of aryl methyl sites for hydroxylation is 2. The van der Waals surface area contributed by atoms with Crippen molar-refractivity contribution in [3.05, 3.63) is 63.7 Å². The van der Waals surface area contributed by atoms with Crippen LogP contribution in [0.2, 0.25) is 0 Å². The summed E-state index contributed by atoms with van der Waals surface area (Å²) < 4.78 is 32.2. The molecule has 0 bridgehead atoms. The van der Waals surface area contributed by atoms with E-state index >= 15 is 0 Å². The van der Waals surface area contributed by atoms with Gasteiger partial charge in [-0.05, 0) is 50.1 Å². The van der Waals surface area contributed by atoms with E-state index in [2.05, 4.69) is 0 Å². The molecule has 0 saturated carbocycles. The minimum absolute atomic E-state index is 0.0883. The zero-order chi connectivity index (χ0) is 20.2. The molecule has 2 aromatic carbocycles. The highest BCUT2D eigenvalue weighted by Crippen LogP contribution is 2.30. The van der Waals surface area contributed by atoms with Crippen molar-refractivity contribution in [2.24, 2.45) is 0 Å². The van der Waals surface area contributed by atoms with Gasteiger partial charge in [-0.1, -0.05) is 18.2 Å². The number of carbonyl (C=O) groups is 1.